The molecule has 0 aromatic heterocycles. The van der Waals surface area contributed by atoms with E-state index in [0.29, 0.717) is 5.56 Å². The van der Waals surface area contributed by atoms with Crippen molar-refractivity contribution in [1.29, 1.82) is 0 Å². The van der Waals surface area contributed by atoms with Crippen LogP contribution in [-0.2, 0) is 10.4 Å². The van der Waals surface area contributed by atoms with E-state index in [1.807, 2.05) is 5.09 Å². The topological polar surface area (TPSA) is 150 Å². The first-order chi connectivity index (χ1) is 11.5. The monoisotopic (exact) mass is 369 g/mol. The molecule has 0 radical (unpaired) electrons. The van der Waals surface area contributed by atoms with Crippen LogP contribution in [0.3, 0.4) is 0 Å². The van der Waals surface area contributed by atoms with E-state index in [4.69, 9.17) is 9.79 Å². The van der Waals surface area contributed by atoms with Crippen molar-refractivity contribution in [1.82, 2.24) is 0 Å². The van der Waals surface area contributed by atoms with Gasteiger partial charge in [-0.3, -0.25) is 5.09 Å². The number of hydrogen-bond acceptors (Lipinski definition) is 5. The van der Waals surface area contributed by atoms with Crippen molar-refractivity contribution in [3.05, 3.63) is 53.6 Å². The van der Waals surface area contributed by atoms with Gasteiger partial charge in [0, 0.05) is 12.0 Å². The molecule has 0 spiro atoms. The molecule has 1 atom stereocenters. The predicted molar refractivity (Wildman–Crippen MR) is 91.0 cm³/mol. The third-order valence-corrected chi connectivity index (χ3v) is 4.26. The lowest BCUT2D eigenvalue weighted by atomic mass is 9.89. The van der Waals surface area contributed by atoms with Gasteiger partial charge in [0.2, 0.25) is 0 Å². The molecule has 136 valence electrons. The van der Waals surface area contributed by atoms with Crippen LogP contribution in [0.1, 0.15) is 30.4 Å². The maximum absolute atomic E-state index is 11.2. The van der Waals surface area contributed by atoms with Crippen molar-refractivity contribution >= 4 is 13.4 Å². The number of benzene rings is 2. The number of nitrogens with one attached hydrogen (secondary N) is 1. The minimum atomic E-state index is -4.68. The Morgan fingerprint density at radius 2 is 1.72 bits per heavy atom. The van der Waals surface area contributed by atoms with Crippen molar-refractivity contribution in [3.8, 4) is 11.5 Å². The van der Waals surface area contributed by atoms with Crippen LogP contribution in [0.2, 0.25) is 0 Å². The molecule has 0 bridgehead atoms. The fraction of sp³-hybridized carbons (Fsp3) is 0.250. The van der Waals surface area contributed by atoms with Gasteiger partial charge in [-0.2, -0.15) is 0 Å². The number of anilines is 1. The Balaban J connectivity index is 2.35. The molecular formula is C16H20NO7P. The Morgan fingerprint density at radius 1 is 1.08 bits per heavy atom. The number of aliphatic hydroxyl groups is 2. The van der Waals surface area contributed by atoms with E-state index in [0.717, 1.165) is 18.2 Å². The largest absolute Gasteiger partial charge is 0.508 e. The van der Waals surface area contributed by atoms with Crippen LogP contribution in [0.25, 0.3) is 0 Å². The highest BCUT2D eigenvalue weighted by Gasteiger charge is 2.33. The Bertz CT molecular complexity index is 803. The summed E-state index contributed by atoms with van der Waals surface area (Å²) in [5.41, 5.74) is 0.166. The zero-order valence-electron chi connectivity index (χ0n) is 13.4. The molecule has 0 amide bonds. The minimum Gasteiger partial charge on any atom is -0.508 e. The molecule has 2 aromatic rings. The molecular weight excluding hydrogens is 349 g/mol. The highest BCUT2D eigenvalue weighted by Crippen LogP contribution is 2.42. The summed E-state index contributed by atoms with van der Waals surface area (Å²) in [6.45, 7) is 1.70. The summed E-state index contributed by atoms with van der Waals surface area (Å²) in [7, 11) is -4.68. The first-order valence-corrected chi connectivity index (χ1v) is 9.00. The summed E-state index contributed by atoms with van der Waals surface area (Å²) in [6.07, 6.45) is -0.240. The first kappa shape index (κ1) is 19.2. The van der Waals surface area contributed by atoms with Crippen molar-refractivity contribution in [2.45, 2.75) is 25.0 Å². The average Bonchev–Trinajstić information content (AvgIpc) is 2.47. The quantitative estimate of drug-likeness (QED) is 0.232. The van der Waals surface area contributed by atoms with E-state index in [-0.39, 0.29) is 29.2 Å². The molecule has 2 rings (SSSR count). The third-order valence-electron chi connectivity index (χ3n) is 3.73. The van der Waals surface area contributed by atoms with E-state index in [1.165, 1.54) is 12.1 Å². The van der Waals surface area contributed by atoms with E-state index >= 15 is 0 Å². The highest BCUT2D eigenvalue weighted by atomic mass is 31.2. The molecule has 0 saturated carbocycles. The second kappa shape index (κ2) is 7.03. The summed E-state index contributed by atoms with van der Waals surface area (Å²) in [6, 6.07) is 9.62. The van der Waals surface area contributed by atoms with Crippen molar-refractivity contribution in [2.24, 2.45) is 0 Å². The van der Waals surface area contributed by atoms with Gasteiger partial charge in [-0.1, -0.05) is 19.1 Å². The summed E-state index contributed by atoms with van der Waals surface area (Å²) in [5, 5.41) is 42.0. The number of phenolic OH excluding ortho intramolecular Hbond substituents is 2. The van der Waals surface area contributed by atoms with Crippen LogP contribution in [0.15, 0.2) is 42.5 Å². The maximum atomic E-state index is 11.2. The molecule has 0 aliphatic rings. The van der Waals surface area contributed by atoms with Gasteiger partial charge in [0.1, 0.15) is 11.5 Å². The molecule has 0 heterocycles. The summed E-state index contributed by atoms with van der Waals surface area (Å²) >= 11 is 0. The number of aromatic hydroxyl groups is 2. The number of hydrogen-bond donors (Lipinski definition) is 7. The van der Waals surface area contributed by atoms with E-state index in [1.54, 1.807) is 19.1 Å². The van der Waals surface area contributed by atoms with Gasteiger partial charge in [0.05, 0.1) is 5.69 Å². The molecule has 0 aliphatic carbocycles. The summed E-state index contributed by atoms with van der Waals surface area (Å²) in [5.74, 6) is -3.15. The first-order valence-electron chi connectivity index (χ1n) is 7.39. The Kier molecular flexibility index (Phi) is 5.41. The molecule has 7 N–H and O–H groups in total. The summed E-state index contributed by atoms with van der Waals surface area (Å²) in [4.78, 5) is 18.1. The van der Waals surface area contributed by atoms with Gasteiger partial charge in [0.25, 0.3) is 0 Å². The highest BCUT2D eigenvalue weighted by molar-refractivity contribution is 7.53. The minimum absolute atomic E-state index is 0.0343. The van der Waals surface area contributed by atoms with Crippen LogP contribution in [0, 0.1) is 0 Å². The van der Waals surface area contributed by atoms with Crippen molar-refractivity contribution < 1.29 is 34.8 Å². The van der Waals surface area contributed by atoms with E-state index in [9.17, 15) is 25.0 Å². The van der Waals surface area contributed by atoms with Crippen LogP contribution in [-0.4, -0.2) is 30.2 Å². The molecule has 2 aromatic carbocycles. The van der Waals surface area contributed by atoms with Gasteiger partial charge in [-0.05, 0) is 41.8 Å². The molecule has 1 unspecified atom stereocenters. The second-order valence-corrected chi connectivity index (χ2v) is 7.21. The standard InChI is InChI=1S/C16H20NO7P/c1-10(11-3-2-4-12(18)7-11)9-16(20,21)14-8-13(19)5-6-15(14)17-25(22,23)24/h2-8,10,18-21H,9H2,1H3,(H3,17,22,23,24). The smallest absolute Gasteiger partial charge is 0.427 e. The lowest BCUT2D eigenvalue weighted by molar-refractivity contribution is -0.176. The number of phenols is 2. The Labute approximate surface area is 144 Å². The summed E-state index contributed by atoms with van der Waals surface area (Å²) < 4.78 is 11.2. The third kappa shape index (κ3) is 5.19. The molecule has 0 saturated heterocycles. The van der Waals surface area contributed by atoms with Crippen molar-refractivity contribution in [3.63, 3.8) is 0 Å². The Hall–Kier alpha value is -2.09. The van der Waals surface area contributed by atoms with Gasteiger partial charge >= 0.3 is 7.75 Å². The van der Waals surface area contributed by atoms with Gasteiger partial charge in [-0.25, -0.2) is 4.57 Å². The second-order valence-electron chi connectivity index (χ2n) is 5.90. The Morgan fingerprint density at radius 3 is 2.32 bits per heavy atom. The van der Waals surface area contributed by atoms with E-state index in [2.05, 4.69) is 0 Å². The fourth-order valence-electron chi connectivity index (χ4n) is 2.60. The van der Waals surface area contributed by atoms with Crippen LogP contribution in [0.4, 0.5) is 5.69 Å². The fourth-order valence-corrected chi connectivity index (χ4v) is 3.11. The molecule has 9 heteroatoms. The molecule has 0 fully saturated rings. The van der Waals surface area contributed by atoms with Crippen LogP contribution >= 0.6 is 7.75 Å². The SMILES string of the molecule is CC(CC(O)(O)c1cc(O)ccc1NP(=O)(O)O)c1cccc(O)c1. The normalized spacial score (nSPS) is 13.5. The van der Waals surface area contributed by atoms with E-state index < -0.39 is 19.5 Å². The van der Waals surface area contributed by atoms with Gasteiger partial charge in [0.15, 0.2) is 5.79 Å². The van der Waals surface area contributed by atoms with Gasteiger partial charge in [-0.15, -0.1) is 0 Å². The maximum Gasteiger partial charge on any atom is 0.427 e. The van der Waals surface area contributed by atoms with Crippen LogP contribution in [0.5, 0.6) is 11.5 Å². The zero-order chi connectivity index (χ0) is 18.8. The predicted octanol–water partition coefficient (Wildman–Crippen LogP) is 1.93. The number of rotatable bonds is 6. The lowest BCUT2D eigenvalue weighted by Gasteiger charge is -2.28. The van der Waals surface area contributed by atoms with Crippen LogP contribution < -0.4 is 5.09 Å². The lowest BCUT2D eigenvalue weighted by Crippen LogP contribution is -2.28. The van der Waals surface area contributed by atoms with Crippen molar-refractivity contribution in [2.75, 3.05) is 5.09 Å². The molecule has 8 nitrogen and oxygen atoms in total. The zero-order valence-corrected chi connectivity index (χ0v) is 14.3. The average molecular weight is 369 g/mol. The molecule has 0 aliphatic heterocycles. The molecule has 25 heavy (non-hydrogen) atoms. The van der Waals surface area contributed by atoms with Gasteiger partial charge < -0.3 is 30.2 Å².